The van der Waals surface area contributed by atoms with Crippen LogP contribution in [0.1, 0.15) is 40.2 Å². The second kappa shape index (κ2) is 7.20. The van der Waals surface area contributed by atoms with Crippen LogP contribution in [0.4, 0.5) is 4.79 Å². The molecule has 1 unspecified atom stereocenters. The minimum atomic E-state index is -0.508. The van der Waals surface area contributed by atoms with Crippen molar-refractivity contribution >= 4 is 11.8 Å². The molecule has 2 amide bonds. The summed E-state index contributed by atoms with van der Waals surface area (Å²) in [7, 11) is 0. The lowest BCUT2D eigenvalue weighted by Gasteiger charge is -2.31. The molecule has 5 heteroatoms. The summed E-state index contributed by atoms with van der Waals surface area (Å²) in [5.74, 6) is -0.0770. The Labute approximate surface area is 126 Å². The summed E-state index contributed by atoms with van der Waals surface area (Å²) in [5, 5.41) is 5.54. The van der Waals surface area contributed by atoms with E-state index in [0.29, 0.717) is 6.54 Å². The summed E-state index contributed by atoms with van der Waals surface area (Å²) in [6, 6.07) is 2.85. The van der Waals surface area contributed by atoms with Gasteiger partial charge in [0.25, 0.3) is 0 Å². The first-order chi connectivity index (χ1) is 9.71. The van der Waals surface area contributed by atoms with Crippen molar-refractivity contribution in [1.82, 2.24) is 15.6 Å². The number of carbonyl (C=O) groups is 2. The molecule has 116 valence electrons. The molecule has 5 nitrogen and oxygen atoms in total. The molecule has 0 aromatic carbocycles. The zero-order chi connectivity index (χ0) is 16.0. The summed E-state index contributed by atoms with van der Waals surface area (Å²) < 4.78 is 0. The van der Waals surface area contributed by atoms with E-state index >= 15 is 0 Å². The van der Waals surface area contributed by atoms with Crippen LogP contribution in [0.2, 0.25) is 0 Å². The van der Waals surface area contributed by atoms with Gasteiger partial charge in [0.1, 0.15) is 0 Å². The number of hydrogen-bond acceptors (Lipinski definition) is 3. The monoisotopic (exact) mass is 291 g/mol. The Morgan fingerprint density at radius 3 is 2.43 bits per heavy atom. The van der Waals surface area contributed by atoms with Crippen LogP contribution in [-0.2, 0) is 11.3 Å². The van der Waals surface area contributed by atoms with E-state index in [2.05, 4.69) is 15.6 Å². The highest BCUT2D eigenvalue weighted by atomic mass is 16.2. The second-order valence-corrected chi connectivity index (χ2v) is 6.54. The van der Waals surface area contributed by atoms with Crippen molar-refractivity contribution in [2.75, 3.05) is 0 Å². The van der Waals surface area contributed by atoms with E-state index in [1.54, 1.807) is 12.4 Å². The van der Waals surface area contributed by atoms with Gasteiger partial charge in [-0.3, -0.25) is 9.78 Å². The van der Waals surface area contributed by atoms with Gasteiger partial charge < -0.3 is 10.6 Å². The molecule has 2 N–H and O–H groups in total. The Bertz CT molecular complexity index is 478. The van der Waals surface area contributed by atoms with Crippen molar-refractivity contribution in [3.05, 3.63) is 30.1 Å². The fourth-order valence-corrected chi connectivity index (χ4v) is 1.91. The second-order valence-electron chi connectivity index (χ2n) is 6.54. The molecule has 0 aliphatic carbocycles. The number of hydrogen-bond donors (Lipinski definition) is 2. The number of urea groups is 1. The van der Waals surface area contributed by atoms with Gasteiger partial charge in [-0.1, -0.05) is 40.7 Å². The lowest BCUT2D eigenvalue weighted by molar-refractivity contribution is -0.126. The van der Waals surface area contributed by atoms with Gasteiger partial charge in [0.05, 0.1) is 6.04 Å². The van der Waals surface area contributed by atoms with Crippen molar-refractivity contribution in [1.29, 1.82) is 0 Å². The van der Waals surface area contributed by atoms with E-state index in [9.17, 15) is 9.59 Å². The Morgan fingerprint density at radius 2 is 1.95 bits per heavy atom. The largest absolute Gasteiger partial charge is 0.334 e. The molecule has 0 aliphatic heterocycles. The van der Waals surface area contributed by atoms with Crippen molar-refractivity contribution < 1.29 is 9.59 Å². The standard InChI is InChI=1S/C16H25N3O2/c1-11(2)13(20)14(16(3,4)5)19-15(21)18-10-12-7-6-8-17-9-12/h6-9,11,14H,10H2,1-5H3,(H2,18,19,21). The first kappa shape index (κ1) is 17.1. The minimum Gasteiger partial charge on any atom is -0.334 e. The van der Waals surface area contributed by atoms with Crippen LogP contribution in [0.15, 0.2) is 24.5 Å². The zero-order valence-electron chi connectivity index (χ0n) is 13.4. The topological polar surface area (TPSA) is 71.1 Å². The molecular weight excluding hydrogens is 266 g/mol. The first-order valence-corrected chi connectivity index (χ1v) is 7.19. The van der Waals surface area contributed by atoms with E-state index in [1.807, 2.05) is 46.8 Å². The molecule has 1 aromatic rings. The number of ketones is 1. The molecular formula is C16H25N3O2. The smallest absolute Gasteiger partial charge is 0.315 e. The molecule has 1 heterocycles. The Kier molecular flexibility index (Phi) is 5.88. The number of nitrogens with zero attached hydrogens (tertiary/aromatic N) is 1. The maximum Gasteiger partial charge on any atom is 0.315 e. The fraction of sp³-hybridized carbons (Fsp3) is 0.562. The van der Waals surface area contributed by atoms with Gasteiger partial charge >= 0.3 is 6.03 Å². The van der Waals surface area contributed by atoms with E-state index < -0.39 is 6.04 Å². The van der Waals surface area contributed by atoms with E-state index in [1.165, 1.54) is 0 Å². The molecule has 1 aromatic heterocycles. The molecule has 1 atom stereocenters. The highest BCUT2D eigenvalue weighted by Gasteiger charge is 2.33. The number of pyridine rings is 1. The molecule has 0 saturated carbocycles. The average molecular weight is 291 g/mol. The summed E-state index contributed by atoms with van der Waals surface area (Å²) in [5.41, 5.74) is 0.586. The highest BCUT2D eigenvalue weighted by molar-refractivity contribution is 5.90. The van der Waals surface area contributed by atoms with Crippen LogP contribution in [0, 0.1) is 11.3 Å². The van der Waals surface area contributed by atoms with Gasteiger partial charge in [-0.2, -0.15) is 0 Å². The third-order valence-corrected chi connectivity index (χ3v) is 3.17. The predicted molar refractivity (Wildman–Crippen MR) is 82.7 cm³/mol. The number of rotatable bonds is 5. The summed E-state index contributed by atoms with van der Waals surface area (Å²) >= 11 is 0. The quantitative estimate of drug-likeness (QED) is 0.875. The van der Waals surface area contributed by atoms with Crippen LogP contribution in [0.25, 0.3) is 0 Å². The predicted octanol–water partition coefficient (Wildman–Crippen LogP) is 2.52. The van der Waals surface area contributed by atoms with Crippen LogP contribution in [-0.4, -0.2) is 22.8 Å². The highest BCUT2D eigenvalue weighted by Crippen LogP contribution is 2.22. The molecule has 0 spiro atoms. The summed E-state index contributed by atoms with van der Waals surface area (Å²) in [6.07, 6.45) is 3.38. The van der Waals surface area contributed by atoms with Gasteiger partial charge in [0.2, 0.25) is 0 Å². The molecule has 0 radical (unpaired) electrons. The van der Waals surface area contributed by atoms with Gasteiger partial charge in [-0.05, 0) is 17.0 Å². The van der Waals surface area contributed by atoms with E-state index in [0.717, 1.165) is 5.56 Å². The molecule has 0 bridgehead atoms. The van der Waals surface area contributed by atoms with Crippen LogP contribution in [0.3, 0.4) is 0 Å². The van der Waals surface area contributed by atoms with Gasteiger partial charge in [-0.25, -0.2) is 4.79 Å². The van der Waals surface area contributed by atoms with Gasteiger partial charge in [-0.15, -0.1) is 0 Å². The number of Topliss-reactive ketones (excluding diaryl/α,β-unsaturated/α-hetero) is 1. The number of aromatic nitrogens is 1. The lowest BCUT2D eigenvalue weighted by atomic mass is 9.81. The molecule has 1 rings (SSSR count). The van der Waals surface area contributed by atoms with E-state index in [-0.39, 0.29) is 23.1 Å². The maximum atomic E-state index is 12.2. The lowest BCUT2D eigenvalue weighted by Crippen LogP contribution is -2.53. The third kappa shape index (κ3) is 5.53. The van der Waals surface area contributed by atoms with Crippen molar-refractivity contribution in [2.24, 2.45) is 11.3 Å². The van der Waals surface area contributed by atoms with Crippen LogP contribution in [0.5, 0.6) is 0 Å². The van der Waals surface area contributed by atoms with Crippen LogP contribution < -0.4 is 10.6 Å². The third-order valence-electron chi connectivity index (χ3n) is 3.17. The average Bonchev–Trinajstić information content (AvgIpc) is 2.41. The van der Waals surface area contributed by atoms with Crippen molar-refractivity contribution in [2.45, 2.75) is 47.2 Å². The summed E-state index contributed by atoms with van der Waals surface area (Å²) in [6.45, 7) is 9.90. The molecule has 21 heavy (non-hydrogen) atoms. The minimum absolute atomic E-state index is 0.0408. The van der Waals surface area contributed by atoms with Crippen molar-refractivity contribution in [3.8, 4) is 0 Å². The Hall–Kier alpha value is -1.91. The molecule has 0 saturated heterocycles. The Balaban J connectivity index is 2.63. The van der Waals surface area contributed by atoms with Crippen LogP contribution >= 0.6 is 0 Å². The number of carbonyl (C=O) groups excluding carboxylic acids is 2. The SMILES string of the molecule is CC(C)C(=O)C(NC(=O)NCc1cccnc1)C(C)(C)C. The van der Waals surface area contributed by atoms with E-state index in [4.69, 9.17) is 0 Å². The van der Waals surface area contributed by atoms with Gasteiger partial charge in [0.15, 0.2) is 5.78 Å². The number of nitrogens with one attached hydrogen (secondary N) is 2. The summed E-state index contributed by atoms with van der Waals surface area (Å²) in [4.78, 5) is 28.2. The first-order valence-electron chi connectivity index (χ1n) is 7.19. The number of amides is 2. The fourth-order valence-electron chi connectivity index (χ4n) is 1.91. The molecule has 0 fully saturated rings. The van der Waals surface area contributed by atoms with Crippen molar-refractivity contribution in [3.63, 3.8) is 0 Å². The maximum absolute atomic E-state index is 12.2. The van der Waals surface area contributed by atoms with Gasteiger partial charge in [0, 0.05) is 24.9 Å². The molecule has 0 aliphatic rings. The normalized spacial score (nSPS) is 12.9. The zero-order valence-corrected chi connectivity index (χ0v) is 13.4. The Morgan fingerprint density at radius 1 is 1.29 bits per heavy atom.